The minimum Gasteiger partial charge on any atom is -0.550 e. The first-order valence-electron chi connectivity index (χ1n) is 4.65. The van der Waals surface area contributed by atoms with Gasteiger partial charge in [-0.1, -0.05) is 27.7 Å². The molecule has 0 fully saturated rings. The monoisotopic (exact) mass is 340 g/mol. The van der Waals surface area contributed by atoms with Crippen LogP contribution in [-0.4, -0.2) is 60.8 Å². The van der Waals surface area contributed by atoms with E-state index in [0.29, 0.717) is 0 Å². The molecule has 84 valence electrons. The van der Waals surface area contributed by atoms with Crippen molar-refractivity contribution in [1.82, 2.24) is 0 Å². The van der Waals surface area contributed by atoms with Crippen LogP contribution in [0.2, 0.25) is 0 Å². The van der Waals surface area contributed by atoms with Gasteiger partial charge in [0.05, 0.1) is 0 Å². The van der Waals surface area contributed by atoms with Gasteiger partial charge >= 0.3 is 48.9 Å². The fourth-order valence-electron chi connectivity index (χ4n) is 0.667. The van der Waals surface area contributed by atoms with E-state index in [2.05, 4.69) is 0 Å². The van der Waals surface area contributed by atoms with Gasteiger partial charge in [-0.25, -0.2) is 0 Å². The van der Waals surface area contributed by atoms with E-state index >= 15 is 0 Å². The van der Waals surface area contributed by atoms with Crippen LogP contribution in [-0.2, 0) is 9.59 Å². The zero-order valence-corrected chi connectivity index (χ0v) is 14.3. The molecule has 0 amide bonds. The number of aliphatic carboxylic acids is 2. The Morgan fingerprint density at radius 2 is 1.07 bits per heavy atom. The van der Waals surface area contributed by atoms with Crippen LogP contribution in [0.15, 0.2) is 0 Å². The summed E-state index contributed by atoms with van der Waals surface area (Å²) in [5.41, 5.74) is 0. The predicted octanol–water partition coefficient (Wildman–Crippen LogP) is -0.816. The van der Waals surface area contributed by atoms with Crippen LogP contribution >= 0.6 is 0 Å². The van der Waals surface area contributed by atoms with Gasteiger partial charge in [-0.2, -0.15) is 0 Å². The molecule has 5 heteroatoms. The number of carboxylic acid groups (broad SMARTS) is 2. The molecular weight excluding hydrogens is 321 g/mol. The van der Waals surface area contributed by atoms with E-state index < -0.39 is 11.9 Å². The fraction of sp³-hybridized carbons (Fsp3) is 0.800. The van der Waals surface area contributed by atoms with E-state index in [9.17, 15) is 19.8 Å². The molecular formula is C10H18BaO4. The Morgan fingerprint density at radius 1 is 0.867 bits per heavy atom. The number of carboxylic acids is 2. The molecule has 0 aromatic rings. The maximum Gasteiger partial charge on any atom is 2.00 e. The average Bonchev–Trinajstić information content (AvgIpc) is 1.79. The fourth-order valence-corrected chi connectivity index (χ4v) is 0.667. The molecule has 0 N–H and O–H groups in total. The number of rotatable bonds is 4. The van der Waals surface area contributed by atoms with Crippen molar-refractivity contribution >= 4 is 60.8 Å². The van der Waals surface area contributed by atoms with Crippen LogP contribution in [0.5, 0.6) is 0 Å². The Labute approximate surface area is 132 Å². The quantitative estimate of drug-likeness (QED) is 0.627. The molecule has 0 aliphatic heterocycles. The van der Waals surface area contributed by atoms with Crippen molar-refractivity contribution in [3.05, 3.63) is 0 Å². The van der Waals surface area contributed by atoms with Crippen molar-refractivity contribution in [2.24, 2.45) is 11.8 Å². The Morgan fingerprint density at radius 3 is 1.07 bits per heavy atom. The minimum atomic E-state index is -0.963. The molecule has 0 radical (unpaired) electrons. The zero-order chi connectivity index (χ0) is 11.7. The van der Waals surface area contributed by atoms with E-state index in [-0.39, 0.29) is 73.6 Å². The summed E-state index contributed by atoms with van der Waals surface area (Å²) in [6, 6.07) is 0. The van der Waals surface area contributed by atoms with E-state index in [0.717, 1.165) is 0 Å². The second-order valence-electron chi connectivity index (χ2n) is 3.94. The van der Waals surface area contributed by atoms with Gasteiger partial charge in [-0.05, 0) is 24.7 Å². The molecule has 0 saturated heterocycles. The molecule has 0 spiro atoms. The maximum absolute atomic E-state index is 9.70. The Hall–Kier alpha value is 0.511. The number of carbonyl (C=O) groups is 2. The summed E-state index contributed by atoms with van der Waals surface area (Å²) in [4.78, 5) is 19.4. The first-order valence-corrected chi connectivity index (χ1v) is 4.65. The Balaban J connectivity index is -0.000000180. The molecule has 0 aliphatic carbocycles. The van der Waals surface area contributed by atoms with Crippen molar-refractivity contribution in [3.8, 4) is 0 Å². The maximum atomic E-state index is 9.70. The second-order valence-corrected chi connectivity index (χ2v) is 3.94. The molecule has 4 nitrogen and oxygen atoms in total. The summed E-state index contributed by atoms with van der Waals surface area (Å²) in [6.07, 6.45) is 0.333. The third-order valence-corrected chi connectivity index (χ3v) is 1.15. The van der Waals surface area contributed by atoms with Gasteiger partial charge in [0.15, 0.2) is 0 Å². The minimum absolute atomic E-state index is 0. The van der Waals surface area contributed by atoms with Crippen LogP contribution in [0.25, 0.3) is 0 Å². The molecule has 0 aromatic carbocycles. The molecule has 0 aromatic heterocycles. The predicted molar refractivity (Wildman–Crippen MR) is 54.7 cm³/mol. The van der Waals surface area contributed by atoms with Crippen molar-refractivity contribution in [2.45, 2.75) is 40.5 Å². The molecule has 0 atom stereocenters. The summed E-state index contributed by atoms with van der Waals surface area (Å²) in [5.74, 6) is -1.50. The summed E-state index contributed by atoms with van der Waals surface area (Å²) >= 11 is 0. The van der Waals surface area contributed by atoms with Gasteiger partial charge in [-0.15, -0.1) is 0 Å². The second kappa shape index (κ2) is 12.6. The van der Waals surface area contributed by atoms with Gasteiger partial charge in [0.1, 0.15) is 0 Å². The van der Waals surface area contributed by atoms with Crippen molar-refractivity contribution < 1.29 is 19.8 Å². The molecule has 0 aliphatic rings. The van der Waals surface area contributed by atoms with E-state index in [1.807, 2.05) is 27.7 Å². The largest absolute Gasteiger partial charge is 2.00 e. The number of carbonyl (C=O) groups excluding carboxylic acids is 2. The average molecular weight is 340 g/mol. The normalized spacial score (nSPS) is 8.93. The van der Waals surface area contributed by atoms with Crippen LogP contribution in [0.1, 0.15) is 40.5 Å². The van der Waals surface area contributed by atoms with Crippen LogP contribution < -0.4 is 10.2 Å². The molecule has 15 heavy (non-hydrogen) atoms. The first-order chi connectivity index (χ1) is 6.25. The van der Waals surface area contributed by atoms with Crippen molar-refractivity contribution in [3.63, 3.8) is 0 Å². The standard InChI is InChI=1S/2C5H10O2.Ba/c2*1-4(2)3-5(6)7;/h2*4H,3H2,1-2H3,(H,6,7);/q;;+2/p-2. The van der Waals surface area contributed by atoms with Gasteiger partial charge in [0.25, 0.3) is 0 Å². The van der Waals surface area contributed by atoms with E-state index in [1.165, 1.54) is 0 Å². The molecule has 0 heterocycles. The summed E-state index contributed by atoms with van der Waals surface area (Å²) < 4.78 is 0. The van der Waals surface area contributed by atoms with Gasteiger partial charge in [0, 0.05) is 11.9 Å². The first kappa shape index (κ1) is 20.9. The number of hydrogen-bond acceptors (Lipinski definition) is 4. The van der Waals surface area contributed by atoms with Gasteiger partial charge in [-0.3, -0.25) is 0 Å². The van der Waals surface area contributed by atoms with Gasteiger partial charge in [0.2, 0.25) is 0 Å². The summed E-state index contributed by atoms with van der Waals surface area (Å²) in [7, 11) is 0. The zero-order valence-electron chi connectivity index (χ0n) is 9.91. The Kier molecular flexibility index (Phi) is 17.5. The van der Waals surface area contributed by atoms with E-state index in [4.69, 9.17) is 0 Å². The van der Waals surface area contributed by atoms with Gasteiger partial charge < -0.3 is 19.8 Å². The summed E-state index contributed by atoms with van der Waals surface area (Å²) in [6.45, 7) is 7.37. The molecule has 0 unspecified atom stereocenters. The van der Waals surface area contributed by atoms with Crippen LogP contribution in [0.4, 0.5) is 0 Å². The van der Waals surface area contributed by atoms with Crippen molar-refractivity contribution in [2.75, 3.05) is 0 Å². The molecule has 0 saturated carbocycles. The molecule has 0 bridgehead atoms. The van der Waals surface area contributed by atoms with E-state index in [1.54, 1.807) is 0 Å². The SMILES string of the molecule is CC(C)CC(=O)[O-].CC(C)CC(=O)[O-].[Ba+2]. The molecule has 0 rings (SSSR count). The third-order valence-electron chi connectivity index (χ3n) is 1.15. The van der Waals surface area contributed by atoms with Crippen molar-refractivity contribution in [1.29, 1.82) is 0 Å². The third kappa shape index (κ3) is 31.4. The topological polar surface area (TPSA) is 80.3 Å². The Bertz CT molecular complexity index is 158. The van der Waals surface area contributed by atoms with Crippen LogP contribution in [0, 0.1) is 11.8 Å². The van der Waals surface area contributed by atoms with Crippen LogP contribution in [0.3, 0.4) is 0 Å². The number of hydrogen-bond donors (Lipinski definition) is 0. The summed E-state index contributed by atoms with van der Waals surface area (Å²) in [5, 5.41) is 19.4. The smallest absolute Gasteiger partial charge is 0.550 e.